The van der Waals surface area contributed by atoms with Gasteiger partial charge < -0.3 is 4.98 Å². The van der Waals surface area contributed by atoms with Gasteiger partial charge in [0.2, 0.25) is 0 Å². The molecule has 0 spiro atoms. The molecule has 24 heavy (non-hydrogen) atoms. The lowest BCUT2D eigenvalue weighted by atomic mass is 10.1. The largest absolute Gasteiger partial charge is 0.341 e. The number of imidazole rings is 1. The van der Waals surface area contributed by atoms with Gasteiger partial charge in [-0.25, -0.2) is 9.97 Å². The van der Waals surface area contributed by atoms with E-state index in [-0.39, 0.29) is 0 Å². The summed E-state index contributed by atoms with van der Waals surface area (Å²) in [6, 6.07) is 18.5. The van der Waals surface area contributed by atoms with Crippen molar-refractivity contribution in [3.8, 4) is 11.1 Å². The summed E-state index contributed by atoms with van der Waals surface area (Å²) in [5.41, 5.74) is 6.13. The highest BCUT2D eigenvalue weighted by atomic mass is 15.0. The Morgan fingerprint density at radius 3 is 2.58 bits per heavy atom. The molecule has 118 valence electrons. The number of rotatable bonds is 4. The molecule has 0 aliphatic rings. The highest BCUT2D eigenvalue weighted by Crippen LogP contribution is 2.21. The molecule has 1 aromatic carbocycles. The molecule has 0 aliphatic heterocycles. The summed E-state index contributed by atoms with van der Waals surface area (Å²) in [6.07, 6.45) is 3.57. The summed E-state index contributed by atoms with van der Waals surface area (Å²) in [6.45, 7) is 2.01. The van der Waals surface area contributed by atoms with Gasteiger partial charge in [0.1, 0.15) is 5.82 Å². The minimum absolute atomic E-state index is 0.766. The van der Waals surface area contributed by atoms with Crippen LogP contribution in [0.2, 0.25) is 0 Å². The molecule has 1 N–H and O–H groups in total. The maximum Gasteiger partial charge on any atom is 0.177 e. The van der Waals surface area contributed by atoms with Crippen LogP contribution in [0.5, 0.6) is 0 Å². The maximum absolute atomic E-state index is 4.59. The molecular formula is C20H18N4. The predicted octanol–water partition coefficient (Wildman–Crippen LogP) is 4.11. The van der Waals surface area contributed by atoms with E-state index in [9.17, 15) is 0 Å². The lowest BCUT2D eigenvalue weighted by Gasteiger charge is -2.00. The van der Waals surface area contributed by atoms with E-state index in [1.165, 1.54) is 0 Å². The van der Waals surface area contributed by atoms with Crippen molar-refractivity contribution in [1.82, 2.24) is 19.9 Å². The first-order valence-electron chi connectivity index (χ1n) is 8.10. The van der Waals surface area contributed by atoms with E-state index in [1.807, 2.05) is 43.5 Å². The van der Waals surface area contributed by atoms with Gasteiger partial charge in [-0.2, -0.15) is 0 Å². The SMILES string of the molecule is Cc1cccc(CCc2nc3ncc(-c4ccccc4)cc3[nH]2)n1. The number of fused-ring (bicyclic) bond motifs is 1. The van der Waals surface area contributed by atoms with Gasteiger partial charge >= 0.3 is 0 Å². The molecule has 4 nitrogen and oxygen atoms in total. The zero-order valence-electron chi connectivity index (χ0n) is 13.5. The minimum Gasteiger partial charge on any atom is -0.341 e. The quantitative estimate of drug-likeness (QED) is 0.616. The van der Waals surface area contributed by atoms with Crippen molar-refractivity contribution in [1.29, 1.82) is 0 Å². The van der Waals surface area contributed by atoms with E-state index < -0.39 is 0 Å². The summed E-state index contributed by atoms with van der Waals surface area (Å²) in [7, 11) is 0. The standard InChI is InChI=1S/C20H18N4/c1-14-6-5-9-17(22-14)10-11-19-23-18-12-16(13-21-20(18)24-19)15-7-3-2-4-8-15/h2-9,12-13H,10-11H2,1H3,(H,21,23,24). The van der Waals surface area contributed by atoms with Gasteiger partial charge in [-0.05, 0) is 37.1 Å². The second kappa shape index (κ2) is 6.24. The smallest absolute Gasteiger partial charge is 0.177 e. The fourth-order valence-electron chi connectivity index (χ4n) is 2.84. The van der Waals surface area contributed by atoms with E-state index in [0.29, 0.717) is 0 Å². The number of H-pyrrole nitrogens is 1. The third-order valence-electron chi connectivity index (χ3n) is 4.06. The van der Waals surface area contributed by atoms with Crippen molar-refractivity contribution in [3.63, 3.8) is 0 Å². The van der Waals surface area contributed by atoms with Gasteiger partial charge in [-0.3, -0.25) is 4.98 Å². The summed E-state index contributed by atoms with van der Waals surface area (Å²) < 4.78 is 0. The Kier molecular flexibility index (Phi) is 3.79. The predicted molar refractivity (Wildman–Crippen MR) is 95.7 cm³/mol. The monoisotopic (exact) mass is 314 g/mol. The molecule has 3 aromatic heterocycles. The number of nitrogens with one attached hydrogen (secondary N) is 1. The van der Waals surface area contributed by atoms with Crippen molar-refractivity contribution >= 4 is 11.2 Å². The Bertz CT molecular complexity index is 973. The molecule has 0 amide bonds. The van der Waals surface area contributed by atoms with Crippen LogP contribution in [-0.2, 0) is 12.8 Å². The van der Waals surface area contributed by atoms with Crippen LogP contribution in [0.1, 0.15) is 17.2 Å². The third-order valence-corrected chi connectivity index (χ3v) is 4.06. The lowest BCUT2D eigenvalue weighted by Crippen LogP contribution is -1.97. The zero-order chi connectivity index (χ0) is 16.4. The first-order valence-corrected chi connectivity index (χ1v) is 8.10. The van der Waals surface area contributed by atoms with Crippen LogP contribution in [0.25, 0.3) is 22.3 Å². The Labute approximate surface area is 140 Å². The zero-order valence-corrected chi connectivity index (χ0v) is 13.5. The van der Waals surface area contributed by atoms with E-state index in [0.717, 1.165) is 52.3 Å². The molecule has 0 fully saturated rings. The minimum atomic E-state index is 0.766. The molecule has 0 bridgehead atoms. The summed E-state index contributed by atoms with van der Waals surface area (Å²) in [4.78, 5) is 17.0. The third kappa shape index (κ3) is 3.04. The van der Waals surface area contributed by atoms with Crippen LogP contribution in [0, 0.1) is 6.92 Å². The van der Waals surface area contributed by atoms with E-state index in [4.69, 9.17) is 0 Å². The number of aromatic nitrogens is 4. The summed E-state index contributed by atoms with van der Waals surface area (Å²) in [5, 5.41) is 0. The number of aryl methyl sites for hydroxylation is 3. The summed E-state index contributed by atoms with van der Waals surface area (Å²) in [5.74, 6) is 0.950. The molecular weight excluding hydrogens is 296 g/mol. The molecule has 0 unspecified atom stereocenters. The lowest BCUT2D eigenvalue weighted by molar-refractivity contribution is 0.854. The van der Waals surface area contributed by atoms with E-state index >= 15 is 0 Å². The number of benzene rings is 1. The Morgan fingerprint density at radius 1 is 0.875 bits per heavy atom. The molecule has 4 aromatic rings. The van der Waals surface area contributed by atoms with E-state index in [1.54, 1.807) is 0 Å². The first kappa shape index (κ1) is 14.6. The average molecular weight is 314 g/mol. The Morgan fingerprint density at radius 2 is 1.75 bits per heavy atom. The topological polar surface area (TPSA) is 54.5 Å². The molecule has 0 saturated carbocycles. The van der Waals surface area contributed by atoms with Crippen LogP contribution in [0.15, 0.2) is 60.8 Å². The van der Waals surface area contributed by atoms with Crippen LogP contribution in [0.4, 0.5) is 0 Å². The Hall–Kier alpha value is -3.01. The van der Waals surface area contributed by atoms with Gasteiger partial charge in [0.25, 0.3) is 0 Å². The van der Waals surface area contributed by atoms with Crippen molar-refractivity contribution in [3.05, 3.63) is 78.0 Å². The normalized spacial score (nSPS) is 11.0. The van der Waals surface area contributed by atoms with Crippen LogP contribution < -0.4 is 0 Å². The number of aromatic amines is 1. The highest BCUT2D eigenvalue weighted by molar-refractivity contribution is 5.78. The number of hydrogen-bond donors (Lipinski definition) is 1. The molecule has 4 rings (SSSR count). The maximum atomic E-state index is 4.59. The average Bonchev–Trinajstić information content (AvgIpc) is 3.03. The molecule has 0 saturated heterocycles. The molecule has 3 heterocycles. The fourth-order valence-corrected chi connectivity index (χ4v) is 2.84. The van der Waals surface area contributed by atoms with E-state index in [2.05, 4.69) is 44.2 Å². The molecule has 0 aliphatic carbocycles. The van der Waals surface area contributed by atoms with Crippen LogP contribution in [-0.4, -0.2) is 19.9 Å². The Balaban J connectivity index is 1.57. The second-order valence-electron chi connectivity index (χ2n) is 5.91. The van der Waals surface area contributed by atoms with Crippen molar-refractivity contribution < 1.29 is 0 Å². The van der Waals surface area contributed by atoms with Crippen LogP contribution >= 0.6 is 0 Å². The van der Waals surface area contributed by atoms with Crippen molar-refractivity contribution in [2.24, 2.45) is 0 Å². The van der Waals surface area contributed by atoms with Crippen LogP contribution in [0.3, 0.4) is 0 Å². The van der Waals surface area contributed by atoms with Gasteiger partial charge in [-0.15, -0.1) is 0 Å². The fraction of sp³-hybridized carbons (Fsp3) is 0.150. The van der Waals surface area contributed by atoms with Gasteiger partial charge in [0.15, 0.2) is 5.65 Å². The second-order valence-corrected chi connectivity index (χ2v) is 5.91. The molecule has 0 radical (unpaired) electrons. The van der Waals surface area contributed by atoms with Crippen molar-refractivity contribution in [2.45, 2.75) is 19.8 Å². The summed E-state index contributed by atoms with van der Waals surface area (Å²) >= 11 is 0. The molecule has 4 heteroatoms. The van der Waals surface area contributed by atoms with Gasteiger partial charge in [0, 0.05) is 29.6 Å². The number of nitrogens with zero attached hydrogens (tertiary/aromatic N) is 3. The number of hydrogen-bond acceptors (Lipinski definition) is 3. The van der Waals surface area contributed by atoms with Gasteiger partial charge in [-0.1, -0.05) is 36.4 Å². The molecule has 0 atom stereocenters. The van der Waals surface area contributed by atoms with Gasteiger partial charge in [0.05, 0.1) is 5.52 Å². The number of pyridine rings is 2. The first-order chi connectivity index (χ1) is 11.8. The highest BCUT2D eigenvalue weighted by Gasteiger charge is 2.07. The van der Waals surface area contributed by atoms with Crippen molar-refractivity contribution in [2.75, 3.05) is 0 Å².